The number of aliphatic hydroxyl groups is 1. The lowest BCUT2D eigenvalue weighted by Gasteiger charge is -2.25. The lowest BCUT2D eigenvalue weighted by molar-refractivity contribution is 0.0249. The van der Waals surface area contributed by atoms with Gasteiger partial charge in [-0.05, 0) is 12.8 Å². The van der Waals surface area contributed by atoms with Crippen molar-refractivity contribution in [3.8, 4) is 12.3 Å². The van der Waals surface area contributed by atoms with Crippen LogP contribution < -0.4 is 0 Å². The molecule has 1 heteroatoms. The van der Waals surface area contributed by atoms with Gasteiger partial charge in [-0.15, -0.1) is 12.3 Å². The number of rotatable bonds is 6. The molecule has 1 N–H and O–H groups in total. The Morgan fingerprint density at radius 2 is 1.92 bits per heavy atom. The van der Waals surface area contributed by atoms with Crippen molar-refractivity contribution < 1.29 is 5.11 Å². The lowest BCUT2D eigenvalue weighted by Crippen LogP contribution is -2.27. The van der Waals surface area contributed by atoms with Crippen molar-refractivity contribution in [1.29, 1.82) is 0 Å². The highest BCUT2D eigenvalue weighted by Gasteiger charge is 2.23. The second-order valence-electron chi connectivity index (χ2n) is 3.46. The van der Waals surface area contributed by atoms with E-state index in [2.05, 4.69) is 19.8 Å². The van der Waals surface area contributed by atoms with Crippen LogP contribution in [0.5, 0.6) is 0 Å². The van der Waals surface area contributed by atoms with Crippen LogP contribution in [-0.2, 0) is 0 Å². The molecule has 1 atom stereocenters. The van der Waals surface area contributed by atoms with Gasteiger partial charge in [0.1, 0.15) is 0 Å². The van der Waals surface area contributed by atoms with Gasteiger partial charge in [0.15, 0.2) is 0 Å². The zero-order valence-corrected chi connectivity index (χ0v) is 8.27. The van der Waals surface area contributed by atoms with Crippen molar-refractivity contribution in [3.63, 3.8) is 0 Å². The Bertz CT molecular complexity index is 146. The average Bonchev–Trinajstić information content (AvgIpc) is 2.02. The molecule has 0 aromatic heterocycles. The molecule has 0 bridgehead atoms. The topological polar surface area (TPSA) is 20.2 Å². The van der Waals surface area contributed by atoms with E-state index < -0.39 is 5.60 Å². The molecule has 0 saturated carbocycles. The normalized spacial score (nSPS) is 15.2. The van der Waals surface area contributed by atoms with E-state index in [0.717, 1.165) is 32.1 Å². The zero-order chi connectivity index (χ0) is 9.45. The Morgan fingerprint density at radius 1 is 1.25 bits per heavy atom. The molecular weight excluding hydrogens is 148 g/mol. The summed E-state index contributed by atoms with van der Waals surface area (Å²) in [6.45, 7) is 4.20. The maximum absolute atomic E-state index is 10.00. The first kappa shape index (κ1) is 11.5. The third-order valence-corrected chi connectivity index (χ3v) is 2.14. The van der Waals surface area contributed by atoms with Gasteiger partial charge >= 0.3 is 0 Å². The molecule has 0 aliphatic heterocycles. The minimum Gasteiger partial charge on any atom is -0.389 e. The molecule has 0 amide bonds. The molecule has 0 radical (unpaired) electrons. The van der Waals surface area contributed by atoms with Gasteiger partial charge in [0.05, 0.1) is 5.60 Å². The van der Waals surface area contributed by atoms with Gasteiger partial charge in [0.2, 0.25) is 0 Å². The maximum atomic E-state index is 10.00. The van der Waals surface area contributed by atoms with Crippen molar-refractivity contribution in [1.82, 2.24) is 0 Å². The van der Waals surface area contributed by atoms with Gasteiger partial charge in [-0.25, -0.2) is 0 Å². The number of hydrogen-bond donors (Lipinski definition) is 1. The van der Waals surface area contributed by atoms with E-state index in [4.69, 9.17) is 6.42 Å². The van der Waals surface area contributed by atoms with E-state index in [0.29, 0.717) is 6.42 Å². The highest BCUT2D eigenvalue weighted by Crippen LogP contribution is 2.23. The van der Waals surface area contributed by atoms with E-state index in [1.807, 2.05) is 0 Å². The van der Waals surface area contributed by atoms with E-state index in [-0.39, 0.29) is 0 Å². The van der Waals surface area contributed by atoms with Crippen LogP contribution in [0.3, 0.4) is 0 Å². The lowest BCUT2D eigenvalue weighted by atomic mass is 9.89. The number of unbranched alkanes of at least 4 members (excludes halogenated alkanes) is 1. The van der Waals surface area contributed by atoms with E-state index >= 15 is 0 Å². The SMILES string of the molecule is C#CCC(O)(CCC)CCCC. The van der Waals surface area contributed by atoms with Crippen molar-refractivity contribution in [3.05, 3.63) is 0 Å². The molecule has 0 heterocycles. The van der Waals surface area contributed by atoms with Crippen LogP contribution in [0.25, 0.3) is 0 Å². The molecule has 70 valence electrons. The first-order valence-corrected chi connectivity index (χ1v) is 4.84. The monoisotopic (exact) mass is 168 g/mol. The molecular formula is C11H20O. The molecule has 0 rings (SSSR count). The summed E-state index contributed by atoms with van der Waals surface area (Å²) in [7, 11) is 0. The molecule has 0 fully saturated rings. The van der Waals surface area contributed by atoms with Gasteiger partial charge < -0.3 is 5.11 Å². The molecule has 0 spiro atoms. The predicted octanol–water partition coefficient (Wildman–Crippen LogP) is 2.73. The van der Waals surface area contributed by atoms with Crippen molar-refractivity contribution in [2.24, 2.45) is 0 Å². The van der Waals surface area contributed by atoms with Crippen molar-refractivity contribution >= 4 is 0 Å². The minimum absolute atomic E-state index is 0.501. The summed E-state index contributed by atoms with van der Waals surface area (Å²) in [4.78, 5) is 0. The Labute approximate surface area is 76.2 Å². The second kappa shape index (κ2) is 6.08. The van der Waals surface area contributed by atoms with Crippen LogP contribution in [0, 0.1) is 12.3 Å². The summed E-state index contributed by atoms with van der Waals surface area (Å²) < 4.78 is 0. The quantitative estimate of drug-likeness (QED) is 0.605. The van der Waals surface area contributed by atoms with Gasteiger partial charge in [-0.3, -0.25) is 0 Å². The third kappa shape index (κ3) is 4.41. The van der Waals surface area contributed by atoms with E-state index in [1.54, 1.807) is 0 Å². The van der Waals surface area contributed by atoms with Gasteiger partial charge in [-0.1, -0.05) is 33.1 Å². The summed E-state index contributed by atoms with van der Waals surface area (Å²) in [5.74, 6) is 2.55. The number of terminal acetylenes is 1. The summed E-state index contributed by atoms with van der Waals surface area (Å²) >= 11 is 0. The molecule has 1 nitrogen and oxygen atoms in total. The summed E-state index contributed by atoms with van der Waals surface area (Å²) in [5.41, 5.74) is -0.584. The van der Waals surface area contributed by atoms with Crippen molar-refractivity contribution in [2.75, 3.05) is 0 Å². The third-order valence-electron chi connectivity index (χ3n) is 2.14. The van der Waals surface area contributed by atoms with Gasteiger partial charge in [0.25, 0.3) is 0 Å². The van der Waals surface area contributed by atoms with E-state index in [1.165, 1.54) is 0 Å². The summed E-state index contributed by atoms with van der Waals surface area (Å²) in [6, 6.07) is 0. The first-order valence-electron chi connectivity index (χ1n) is 4.84. The highest BCUT2D eigenvalue weighted by molar-refractivity contribution is 4.94. The van der Waals surface area contributed by atoms with Gasteiger partial charge in [-0.2, -0.15) is 0 Å². The van der Waals surface area contributed by atoms with Crippen LogP contribution >= 0.6 is 0 Å². The Balaban J connectivity index is 3.91. The van der Waals surface area contributed by atoms with Crippen LogP contribution in [0.2, 0.25) is 0 Å². The fourth-order valence-electron chi connectivity index (χ4n) is 1.46. The molecule has 0 aliphatic carbocycles. The van der Waals surface area contributed by atoms with Gasteiger partial charge in [0, 0.05) is 6.42 Å². The standard InChI is InChI=1S/C11H20O/c1-4-7-10-11(12,8-5-2)9-6-3/h2,12H,4,6-10H2,1,3H3. The number of hydrogen-bond acceptors (Lipinski definition) is 1. The smallest absolute Gasteiger partial charge is 0.0756 e. The van der Waals surface area contributed by atoms with Crippen LogP contribution in [0.4, 0.5) is 0 Å². The van der Waals surface area contributed by atoms with Crippen molar-refractivity contribution in [2.45, 2.75) is 58.0 Å². The minimum atomic E-state index is -0.584. The molecule has 0 aromatic rings. The van der Waals surface area contributed by atoms with Crippen LogP contribution in [-0.4, -0.2) is 10.7 Å². The Morgan fingerprint density at radius 3 is 2.33 bits per heavy atom. The zero-order valence-electron chi connectivity index (χ0n) is 8.27. The summed E-state index contributed by atoms with van der Waals surface area (Å²) in [5, 5.41) is 10.00. The largest absolute Gasteiger partial charge is 0.389 e. The Kier molecular flexibility index (Phi) is 5.84. The fourth-order valence-corrected chi connectivity index (χ4v) is 1.46. The van der Waals surface area contributed by atoms with Crippen LogP contribution in [0.15, 0.2) is 0 Å². The maximum Gasteiger partial charge on any atom is 0.0756 e. The first-order chi connectivity index (χ1) is 5.68. The molecule has 0 saturated heterocycles. The molecule has 1 unspecified atom stereocenters. The predicted molar refractivity (Wildman–Crippen MR) is 52.8 cm³/mol. The summed E-state index contributed by atoms with van der Waals surface area (Å²) in [6.07, 6.45) is 10.6. The highest BCUT2D eigenvalue weighted by atomic mass is 16.3. The van der Waals surface area contributed by atoms with E-state index in [9.17, 15) is 5.11 Å². The molecule has 0 aliphatic rings. The molecule has 0 aromatic carbocycles. The Hall–Kier alpha value is -0.480. The fraction of sp³-hybridized carbons (Fsp3) is 0.818. The van der Waals surface area contributed by atoms with Crippen LogP contribution in [0.1, 0.15) is 52.4 Å². The molecule has 12 heavy (non-hydrogen) atoms. The second-order valence-corrected chi connectivity index (χ2v) is 3.46. The average molecular weight is 168 g/mol.